The summed E-state index contributed by atoms with van der Waals surface area (Å²) >= 11 is 0. The van der Waals surface area contributed by atoms with E-state index in [1.807, 2.05) is 24.3 Å². The van der Waals surface area contributed by atoms with Crippen molar-refractivity contribution >= 4 is 35.8 Å². The molecule has 3 unspecified atom stereocenters. The van der Waals surface area contributed by atoms with Crippen LogP contribution < -0.4 is 15.4 Å². The molecule has 3 atom stereocenters. The first-order chi connectivity index (χ1) is 12.6. The molecule has 2 aliphatic rings. The Balaban J connectivity index is 0.00000261. The normalized spacial score (nSPS) is 23.5. The molecule has 150 valence electrons. The van der Waals surface area contributed by atoms with Crippen LogP contribution in [0.3, 0.4) is 0 Å². The first-order valence-corrected chi connectivity index (χ1v) is 9.43. The average molecular weight is 486 g/mol. The van der Waals surface area contributed by atoms with Gasteiger partial charge in [0.05, 0.1) is 20.2 Å². The quantitative estimate of drug-likeness (QED) is 0.369. The van der Waals surface area contributed by atoms with E-state index in [0.717, 1.165) is 23.1 Å². The number of hydrogen-bond acceptors (Lipinski definition) is 3. The smallest absolute Gasteiger partial charge is 0.241 e. The Morgan fingerprint density at radius 2 is 2.04 bits per heavy atom. The number of nitrogens with one attached hydrogen (secondary N) is 2. The van der Waals surface area contributed by atoms with Gasteiger partial charge in [-0.05, 0) is 37.2 Å². The van der Waals surface area contributed by atoms with Gasteiger partial charge in [-0.15, -0.1) is 24.0 Å². The Bertz CT molecular complexity index is 665. The first-order valence-electron chi connectivity index (χ1n) is 9.43. The van der Waals surface area contributed by atoms with Crippen LogP contribution in [0.15, 0.2) is 29.3 Å². The number of likely N-dealkylation sites (N-methyl/N-ethyl adjacent to an activating group) is 1. The Kier molecular flexibility index (Phi) is 8.19. The molecule has 0 aliphatic heterocycles. The van der Waals surface area contributed by atoms with Gasteiger partial charge < -0.3 is 20.3 Å². The molecule has 2 N–H and O–H groups in total. The monoisotopic (exact) mass is 486 g/mol. The highest BCUT2D eigenvalue weighted by atomic mass is 127. The lowest BCUT2D eigenvalue weighted by molar-refractivity contribution is -0.127. The minimum Gasteiger partial charge on any atom is -0.496 e. The van der Waals surface area contributed by atoms with Gasteiger partial charge in [0.1, 0.15) is 5.75 Å². The van der Waals surface area contributed by atoms with Crippen LogP contribution in [0.1, 0.15) is 31.2 Å². The zero-order valence-electron chi connectivity index (χ0n) is 16.4. The van der Waals surface area contributed by atoms with Gasteiger partial charge in [0.15, 0.2) is 5.96 Å². The van der Waals surface area contributed by atoms with E-state index in [2.05, 4.69) is 10.6 Å². The van der Waals surface area contributed by atoms with Crippen LogP contribution in [0.2, 0.25) is 0 Å². The molecular weight excluding hydrogens is 455 g/mol. The molecule has 0 spiro atoms. The third kappa shape index (κ3) is 5.73. The van der Waals surface area contributed by atoms with E-state index in [0.29, 0.717) is 18.5 Å². The van der Waals surface area contributed by atoms with E-state index in [1.165, 1.54) is 25.7 Å². The minimum atomic E-state index is 0. The second-order valence-electron chi connectivity index (χ2n) is 7.54. The van der Waals surface area contributed by atoms with E-state index in [-0.39, 0.29) is 36.4 Å². The second kappa shape index (κ2) is 10.1. The van der Waals surface area contributed by atoms with Crippen LogP contribution in [-0.2, 0) is 11.3 Å². The highest BCUT2D eigenvalue weighted by Gasteiger charge is 2.39. The van der Waals surface area contributed by atoms with Crippen LogP contribution in [0, 0.1) is 11.8 Å². The van der Waals surface area contributed by atoms with Gasteiger partial charge in [0, 0.05) is 25.7 Å². The Labute approximate surface area is 179 Å². The lowest BCUT2D eigenvalue weighted by atomic mass is 9.95. The molecule has 1 aromatic carbocycles. The zero-order chi connectivity index (χ0) is 18.5. The maximum atomic E-state index is 11.9. The summed E-state index contributed by atoms with van der Waals surface area (Å²) in [6, 6.07) is 8.36. The van der Waals surface area contributed by atoms with Gasteiger partial charge >= 0.3 is 0 Å². The summed E-state index contributed by atoms with van der Waals surface area (Å²) in [5, 5.41) is 6.78. The van der Waals surface area contributed by atoms with E-state index in [4.69, 9.17) is 9.73 Å². The minimum absolute atomic E-state index is 0. The van der Waals surface area contributed by atoms with Crippen molar-refractivity contribution in [2.24, 2.45) is 16.8 Å². The zero-order valence-corrected chi connectivity index (χ0v) is 18.7. The predicted molar refractivity (Wildman–Crippen MR) is 119 cm³/mol. The molecule has 0 saturated heterocycles. The molecule has 0 radical (unpaired) electrons. The molecule has 2 fully saturated rings. The van der Waals surface area contributed by atoms with Gasteiger partial charge in [-0.3, -0.25) is 4.79 Å². The van der Waals surface area contributed by atoms with Gasteiger partial charge in [0.2, 0.25) is 5.91 Å². The van der Waals surface area contributed by atoms with Crippen LogP contribution in [0.5, 0.6) is 5.75 Å². The molecule has 1 amide bonds. The van der Waals surface area contributed by atoms with E-state index < -0.39 is 0 Å². The molecule has 27 heavy (non-hydrogen) atoms. The standard InChI is InChI=1S/C20H30N4O2.HI/c1-24(2)19(25)13-22-20(23-17-11-14-8-9-15(17)10-14)21-12-16-6-4-5-7-18(16)26-3;/h4-7,14-15,17H,8-13H2,1-3H3,(H2,21,22,23);1H. The summed E-state index contributed by atoms with van der Waals surface area (Å²) < 4.78 is 5.41. The predicted octanol–water partition coefficient (Wildman–Crippen LogP) is 2.63. The number of hydrogen-bond donors (Lipinski definition) is 2. The van der Waals surface area contributed by atoms with Gasteiger partial charge in [-0.25, -0.2) is 4.99 Å². The number of fused-ring (bicyclic) bond motifs is 2. The number of ether oxygens (including phenoxy) is 1. The molecule has 6 nitrogen and oxygen atoms in total. The van der Waals surface area contributed by atoms with E-state index in [1.54, 1.807) is 26.1 Å². The number of halogens is 1. The molecule has 2 aliphatic carbocycles. The molecule has 7 heteroatoms. The summed E-state index contributed by atoms with van der Waals surface area (Å²) in [7, 11) is 5.20. The average Bonchev–Trinajstić information content (AvgIpc) is 3.26. The van der Waals surface area contributed by atoms with Crippen molar-refractivity contribution in [2.45, 2.75) is 38.3 Å². The third-order valence-electron chi connectivity index (χ3n) is 5.57. The second-order valence-corrected chi connectivity index (χ2v) is 7.54. The number of carbonyl (C=O) groups is 1. The maximum absolute atomic E-state index is 11.9. The van der Waals surface area contributed by atoms with Crippen molar-refractivity contribution in [3.05, 3.63) is 29.8 Å². The highest BCUT2D eigenvalue weighted by Crippen LogP contribution is 2.44. The Morgan fingerprint density at radius 3 is 2.67 bits per heavy atom. The van der Waals surface area contributed by atoms with Crippen molar-refractivity contribution in [1.82, 2.24) is 15.5 Å². The fourth-order valence-corrected chi connectivity index (χ4v) is 4.06. The van der Waals surface area contributed by atoms with Crippen LogP contribution in [0.4, 0.5) is 0 Å². The van der Waals surface area contributed by atoms with Crippen molar-refractivity contribution < 1.29 is 9.53 Å². The number of rotatable bonds is 6. The topological polar surface area (TPSA) is 66.0 Å². The van der Waals surface area contributed by atoms with Gasteiger partial charge in [0.25, 0.3) is 0 Å². The summed E-state index contributed by atoms with van der Waals surface area (Å²) in [5.74, 6) is 3.17. The number of amides is 1. The number of para-hydroxylation sites is 1. The number of nitrogens with zero attached hydrogens (tertiary/aromatic N) is 2. The molecule has 0 heterocycles. The van der Waals surface area contributed by atoms with Crippen LogP contribution >= 0.6 is 24.0 Å². The molecule has 0 aromatic heterocycles. The molecule has 2 saturated carbocycles. The maximum Gasteiger partial charge on any atom is 0.241 e. The molecular formula is C20H31IN4O2. The number of guanidine groups is 1. The lowest BCUT2D eigenvalue weighted by Crippen LogP contribution is -2.48. The summed E-state index contributed by atoms with van der Waals surface area (Å²) in [6.07, 6.45) is 5.21. The van der Waals surface area contributed by atoms with E-state index in [9.17, 15) is 4.79 Å². The third-order valence-corrected chi connectivity index (χ3v) is 5.57. The van der Waals surface area contributed by atoms with Gasteiger partial charge in [-0.2, -0.15) is 0 Å². The molecule has 2 bridgehead atoms. The summed E-state index contributed by atoms with van der Waals surface area (Å²) in [6.45, 7) is 0.752. The number of carbonyl (C=O) groups excluding carboxylic acids is 1. The fraction of sp³-hybridized carbons (Fsp3) is 0.600. The number of aliphatic imine (C=N–C) groups is 1. The molecule has 3 rings (SSSR count). The van der Waals surface area contributed by atoms with E-state index >= 15 is 0 Å². The van der Waals surface area contributed by atoms with Crippen LogP contribution in [0.25, 0.3) is 0 Å². The summed E-state index contributed by atoms with van der Waals surface area (Å²) in [5.41, 5.74) is 1.03. The van der Waals surface area contributed by atoms with Crippen molar-refractivity contribution in [3.63, 3.8) is 0 Å². The molecule has 1 aromatic rings. The largest absolute Gasteiger partial charge is 0.496 e. The van der Waals surface area contributed by atoms with Crippen molar-refractivity contribution in [3.8, 4) is 5.75 Å². The highest BCUT2D eigenvalue weighted by molar-refractivity contribution is 14.0. The Hall–Kier alpha value is -1.51. The lowest BCUT2D eigenvalue weighted by Gasteiger charge is -2.25. The van der Waals surface area contributed by atoms with Crippen molar-refractivity contribution in [2.75, 3.05) is 27.7 Å². The number of benzene rings is 1. The van der Waals surface area contributed by atoms with Crippen LogP contribution in [-0.4, -0.2) is 50.6 Å². The fourth-order valence-electron chi connectivity index (χ4n) is 4.06. The van der Waals surface area contributed by atoms with Gasteiger partial charge in [-0.1, -0.05) is 24.6 Å². The first kappa shape index (κ1) is 21.8. The van der Waals surface area contributed by atoms with Crippen molar-refractivity contribution in [1.29, 1.82) is 0 Å². The SMILES string of the molecule is COc1ccccc1CN=C(NCC(=O)N(C)C)NC1CC2CCC1C2.I. The Morgan fingerprint density at radius 1 is 1.26 bits per heavy atom. The summed E-state index contributed by atoms with van der Waals surface area (Å²) in [4.78, 5) is 18.3. The number of methoxy groups -OCH3 is 1.